The summed E-state index contributed by atoms with van der Waals surface area (Å²) >= 11 is 0. The largest absolute Gasteiger partial charge is 0.389 e. The second kappa shape index (κ2) is 5.38. The maximum atomic E-state index is 10.0. The Hall–Kier alpha value is -0.520. The van der Waals surface area contributed by atoms with Crippen molar-refractivity contribution in [3.8, 4) is 11.8 Å². The number of unbranched alkanes of at least 4 members (excludes halogenated alkanes) is 2. The average molecular weight is 196 g/mol. The Balaban J connectivity index is 2.48. The normalized spacial score (nSPS) is 32.1. The molecule has 0 saturated heterocycles. The van der Waals surface area contributed by atoms with E-state index in [9.17, 15) is 10.2 Å². The maximum absolute atomic E-state index is 10.0. The molecule has 2 nitrogen and oxygen atoms in total. The number of aliphatic hydroxyl groups excluding tert-OH is 1. The Morgan fingerprint density at radius 1 is 1.43 bits per heavy atom. The first-order chi connectivity index (χ1) is 6.69. The number of hydrogen-bond donors (Lipinski definition) is 2. The third-order valence-electron chi connectivity index (χ3n) is 2.80. The van der Waals surface area contributed by atoms with Crippen molar-refractivity contribution in [2.24, 2.45) is 0 Å². The molecule has 0 aromatic carbocycles. The van der Waals surface area contributed by atoms with Crippen LogP contribution in [-0.4, -0.2) is 21.9 Å². The molecule has 1 fully saturated rings. The molecule has 1 aliphatic carbocycles. The van der Waals surface area contributed by atoms with E-state index in [1.54, 1.807) is 0 Å². The lowest BCUT2D eigenvalue weighted by molar-refractivity contribution is -0.0585. The van der Waals surface area contributed by atoms with Crippen molar-refractivity contribution in [3.05, 3.63) is 0 Å². The number of aliphatic hydroxyl groups is 2. The summed E-state index contributed by atoms with van der Waals surface area (Å²) in [6, 6.07) is 0. The second-order valence-corrected chi connectivity index (χ2v) is 4.09. The lowest BCUT2D eigenvalue weighted by Crippen LogP contribution is -2.43. The second-order valence-electron chi connectivity index (χ2n) is 4.09. The predicted molar refractivity (Wildman–Crippen MR) is 56.7 cm³/mol. The minimum Gasteiger partial charge on any atom is -0.389 e. The molecule has 0 aliphatic heterocycles. The summed E-state index contributed by atoms with van der Waals surface area (Å²) in [5.74, 6) is 5.81. The van der Waals surface area contributed by atoms with Crippen LogP contribution in [0.1, 0.15) is 51.9 Å². The first-order valence-corrected chi connectivity index (χ1v) is 5.59. The van der Waals surface area contributed by atoms with Crippen LogP contribution in [0.2, 0.25) is 0 Å². The minimum atomic E-state index is -1.12. The van der Waals surface area contributed by atoms with Crippen LogP contribution in [0.15, 0.2) is 0 Å². The molecule has 80 valence electrons. The highest BCUT2D eigenvalue weighted by Gasteiger charge is 2.35. The standard InChI is InChI=1S/C12H20O2/c1-2-3-4-6-9-12(14)10-7-5-8-11(12)13/h11,13-14H,2-5,7-8,10H2,1H3/t11-,12+/m1/s1. The smallest absolute Gasteiger partial charge is 0.151 e. The average Bonchev–Trinajstić information content (AvgIpc) is 2.18. The van der Waals surface area contributed by atoms with E-state index < -0.39 is 11.7 Å². The van der Waals surface area contributed by atoms with Gasteiger partial charge in [-0.3, -0.25) is 0 Å². The Bertz CT molecular complexity index is 226. The summed E-state index contributed by atoms with van der Waals surface area (Å²) in [6.45, 7) is 2.12. The molecule has 0 amide bonds. The van der Waals surface area contributed by atoms with E-state index in [1.165, 1.54) is 0 Å². The summed E-state index contributed by atoms with van der Waals surface area (Å²) in [5.41, 5.74) is -1.12. The van der Waals surface area contributed by atoms with Gasteiger partial charge in [-0.1, -0.05) is 25.7 Å². The quantitative estimate of drug-likeness (QED) is 0.522. The molecule has 1 aliphatic rings. The summed E-state index contributed by atoms with van der Waals surface area (Å²) in [5, 5.41) is 19.6. The number of hydrogen-bond acceptors (Lipinski definition) is 2. The topological polar surface area (TPSA) is 40.5 Å². The predicted octanol–water partition coefficient (Wildman–Crippen LogP) is 1.85. The zero-order chi connectivity index (χ0) is 10.4. The van der Waals surface area contributed by atoms with Gasteiger partial charge in [-0.25, -0.2) is 0 Å². The molecule has 14 heavy (non-hydrogen) atoms. The first kappa shape index (κ1) is 11.6. The third-order valence-corrected chi connectivity index (χ3v) is 2.80. The number of rotatable bonds is 2. The van der Waals surface area contributed by atoms with Crippen LogP contribution in [0.3, 0.4) is 0 Å². The highest BCUT2D eigenvalue weighted by atomic mass is 16.3. The van der Waals surface area contributed by atoms with Crippen LogP contribution >= 0.6 is 0 Å². The first-order valence-electron chi connectivity index (χ1n) is 5.59. The Morgan fingerprint density at radius 3 is 2.86 bits per heavy atom. The molecule has 2 heteroatoms. The highest BCUT2D eigenvalue weighted by molar-refractivity contribution is 5.17. The lowest BCUT2D eigenvalue weighted by Gasteiger charge is -2.32. The van der Waals surface area contributed by atoms with Gasteiger partial charge in [0, 0.05) is 6.42 Å². The zero-order valence-electron chi connectivity index (χ0n) is 8.92. The molecule has 0 bridgehead atoms. The van der Waals surface area contributed by atoms with Gasteiger partial charge < -0.3 is 10.2 Å². The highest BCUT2D eigenvalue weighted by Crippen LogP contribution is 2.27. The van der Waals surface area contributed by atoms with E-state index in [4.69, 9.17) is 0 Å². The fraction of sp³-hybridized carbons (Fsp3) is 0.833. The molecule has 0 spiro atoms. The lowest BCUT2D eigenvalue weighted by atomic mass is 9.82. The van der Waals surface area contributed by atoms with Gasteiger partial charge in [0.2, 0.25) is 0 Å². The van der Waals surface area contributed by atoms with E-state index in [2.05, 4.69) is 18.8 Å². The van der Waals surface area contributed by atoms with Gasteiger partial charge in [0.15, 0.2) is 5.60 Å². The van der Waals surface area contributed by atoms with Crippen molar-refractivity contribution >= 4 is 0 Å². The maximum Gasteiger partial charge on any atom is 0.151 e. The molecule has 0 aromatic heterocycles. The molecule has 0 radical (unpaired) electrons. The van der Waals surface area contributed by atoms with E-state index >= 15 is 0 Å². The molecule has 0 aromatic rings. The van der Waals surface area contributed by atoms with E-state index in [0.29, 0.717) is 12.8 Å². The van der Waals surface area contributed by atoms with Gasteiger partial charge in [-0.15, -0.1) is 5.92 Å². The van der Waals surface area contributed by atoms with Gasteiger partial charge in [0.25, 0.3) is 0 Å². The van der Waals surface area contributed by atoms with Crippen LogP contribution in [-0.2, 0) is 0 Å². The van der Waals surface area contributed by atoms with Crippen molar-refractivity contribution in [3.63, 3.8) is 0 Å². The van der Waals surface area contributed by atoms with Crippen LogP contribution < -0.4 is 0 Å². The third kappa shape index (κ3) is 3.01. The molecule has 0 unspecified atom stereocenters. The van der Waals surface area contributed by atoms with E-state index in [-0.39, 0.29) is 0 Å². The Morgan fingerprint density at radius 2 is 2.21 bits per heavy atom. The molecule has 2 N–H and O–H groups in total. The van der Waals surface area contributed by atoms with Gasteiger partial charge in [-0.05, 0) is 25.7 Å². The monoisotopic (exact) mass is 196 g/mol. The van der Waals surface area contributed by atoms with Crippen molar-refractivity contribution in [2.75, 3.05) is 0 Å². The van der Waals surface area contributed by atoms with E-state index in [0.717, 1.165) is 32.1 Å². The summed E-state index contributed by atoms with van der Waals surface area (Å²) in [4.78, 5) is 0. The molecule has 1 rings (SSSR count). The Kier molecular flexibility index (Phi) is 4.44. The summed E-state index contributed by atoms with van der Waals surface area (Å²) in [6.07, 6.45) is 5.63. The SMILES string of the molecule is CCCCC#C[C@]1(O)CCCC[C@H]1O. The van der Waals surface area contributed by atoms with Gasteiger partial charge in [0.1, 0.15) is 0 Å². The van der Waals surface area contributed by atoms with Gasteiger partial charge in [0.05, 0.1) is 6.10 Å². The van der Waals surface area contributed by atoms with Crippen LogP contribution in [0.4, 0.5) is 0 Å². The molecule has 1 saturated carbocycles. The minimum absolute atomic E-state index is 0.618. The molecular formula is C12H20O2. The van der Waals surface area contributed by atoms with Crippen molar-refractivity contribution in [1.29, 1.82) is 0 Å². The molecule has 0 heterocycles. The van der Waals surface area contributed by atoms with Gasteiger partial charge in [-0.2, -0.15) is 0 Å². The summed E-state index contributed by atoms with van der Waals surface area (Å²) in [7, 11) is 0. The fourth-order valence-corrected chi connectivity index (χ4v) is 1.76. The van der Waals surface area contributed by atoms with Crippen molar-refractivity contribution in [1.82, 2.24) is 0 Å². The van der Waals surface area contributed by atoms with Crippen molar-refractivity contribution < 1.29 is 10.2 Å². The molecule has 2 atom stereocenters. The van der Waals surface area contributed by atoms with Crippen LogP contribution in [0.25, 0.3) is 0 Å². The van der Waals surface area contributed by atoms with Gasteiger partial charge >= 0.3 is 0 Å². The zero-order valence-corrected chi connectivity index (χ0v) is 8.92. The van der Waals surface area contributed by atoms with Crippen LogP contribution in [0.5, 0.6) is 0 Å². The van der Waals surface area contributed by atoms with E-state index in [1.807, 2.05) is 0 Å². The summed E-state index contributed by atoms with van der Waals surface area (Å²) < 4.78 is 0. The van der Waals surface area contributed by atoms with Crippen LogP contribution in [0, 0.1) is 11.8 Å². The fourth-order valence-electron chi connectivity index (χ4n) is 1.76. The Labute approximate surface area is 86.3 Å². The molecular weight excluding hydrogens is 176 g/mol. The van der Waals surface area contributed by atoms with Crippen molar-refractivity contribution in [2.45, 2.75) is 63.6 Å².